The van der Waals surface area contributed by atoms with Crippen LogP contribution in [0.1, 0.15) is 41.0 Å². The van der Waals surface area contributed by atoms with E-state index >= 15 is 0 Å². The maximum Gasteiger partial charge on any atom is 0.0742 e. The smallest absolute Gasteiger partial charge is 0.0689 e. The lowest BCUT2D eigenvalue weighted by atomic mass is 9.60. The minimum Gasteiger partial charge on any atom is -0.0689 e. The molecule has 0 aliphatic carbocycles. The van der Waals surface area contributed by atoms with Gasteiger partial charge in [-0.3, -0.25) is 0 Å². The highest BCUT2D eigenvalue weighted by Crippen LogP contribution is 2.36. The van der Waals surface area contributed by atoms with Gasteiger partial charge in [0.05, 0.1) is 7.85 Å². The van der Waals surface area contributed by atoms with Gasteiger partial charge in [0, 0.05) is 0 Å². The van der Waals surface area contributed by atoms with E-state index in [9.17, 15) is 0 Å². The van der Waals surface area contributed by atoms with Crippen molar-refractivity contribution in [2.45, 2.75) is 46.4 Å². The van der Waals surface area contributed by atoms with Gasteiger partial charge >= 0.3 is 0 Å². The van der Waals surface area contributed by atoms with Crippen molar-refractivity contribution in [3.05, 3.63) is 0 Å². The molecule has 0 saturated carbocycles. The Morgan fingerprint density at radius 3 is 1.80 bits per heavy atom. The standard InChI is InChI=1S/C9H19B/c1-6-7(2)8(3)9(4,5)10/h7-8H,6H2,1-5H3. The van der Waals surface area contributed by atoms with Crippen LogP contribution in [0.3, 0.4) is 0 Å². The molecule has 58 valence electrons. The Morgan fingerprint density at radius 2 is 1.70 bits per heavy atom. The highest BCUT2D eigenvalue weighted by molar-refractivity contribution is 6.14. The molecule has 0 spiro atoms. The van der Waals surface area contributed by atoms with Crippen LogP contribution < -0.4 is 0 Å². The van der Waals surface area contributed by atoms with Gasteiger partial charge in [0.15, 0.2) is 0 Å². The van der Waals surface area contributed by atoms with E-state index in [-0.39, 0.29) is 5.31 Å². The molecule has 0 saturated heterocycles. The largest absolute Gasteiger partial charge is 0.0742 e. The molecule has 0 aromatic rings. The number of hydrogen-bond donors (Lipinski definition) is 0. The van der Waals surface area contributed by atoms with Crippen LogP contribution in [0.25, 0.3) is 0 Å². The topological polar surface area (TPSA) is 0 Å². The zero-order chi connectivity index (χ0) is 8.36. The van der Waals surface area contributed by atoms with E-state index in [1.165, 1.54) is 6.42 Å². The van der Waals surface area contributed by atoms with Crippen LogP contribution >= 0.6 is 0 Å². The van der Waals surface area contributed by atoms with Crippen molar-refractivity contribution in [2.75, 3.05) is 0 Å². The summed E-state index contributed by atoms with van der Waals surface area (Å²) in [6, 6.07) is 0. The van der Waals surface area contributed by atoms with Crippen LogP contribution in [-0.4, -0.2) is 7.85 Å². The quantitative estimate of drug-likeness (QED) is 0.526. The molecule has 2 atom stereocenters. The maximum atomic E-state index is 5.96. The van der Waals surface area contributed by atoms with E-state index in [0.29, 0.717) is 5.92 Å². The Balaban J connectivity index is 3.94. The molecular weight excluding hydrogens is 119 g/mol. The summed E-state index contributed by atoms with van der Waals surface area (Å²) < 4.78 is 0. The molecule has 0 aromatic heterocycles. The predicted molar refractivity (Wildman–Crippen MR) is 48.4 cm³/mol. The lowest BCUT2D eigenvalue weighted by Gasteiger charge is -2.32. The zero-order valence-corrected chi connectivity index (χ0v) is 7.94. The van der Waals surface area contributed by atoms with Gasteiger partial charge in [-0.05, 0) is 11.8 Å². The molecule has 2 unspecified atom stereocenters. The minimum absolute atomic E-state index is 0.0184. The molecule has 10 heavy (non-hydrogen) atoms. The summed E-state index contributed by atoms with van der Waals surface area (Å²) in [4.78, 5) is 0. The Hall–Kier alpha value is 0.0649. The number of hydrogen-bond acceptors (Lipinski definition) is 0. The van der Waals surface area contributed by atoms with E-state index in [2.05, 4.69) is 34.6 Å². The second-order valence-corrected chi connectivity index (χ2v) is 4.00. The fourth-order valence-electron chi connectivity index (χ4n) is 1.09. The van der Waals surface area contributed by atoms with Crippen molar-refractivity contribution < 1.29 is 0 Å². The summed E-state index contributed by atoms with van der Waals surface area (Å²) in [6.07, 6.45) is 1.22. The second kappa shape index (κ2) is 3.45. The van der Waals surface area contributed by atoms with Crippen molar-refractivity contribution in [1.29, 1.82) is 0 Å². The van der Waals surface area contributed by atoms with E-state index in [4.69, 9.17) is 7.85 Å². The van der Waals surface area contributed by atoms with Crippen LogP contribution in [0.2, 0.25) is 5.31 Å². The molecule has 0 N–H and O–H groups in total. The first kappa shape index (κ1) is 10.1. The summed E-state index contributed by atoms with van der Waals surface area (Å²) in [5.41, 5.74) is 0. The fraction of sp³-hybridized carbons (Fsp3) is 1.00. The van der Waals surface area contributed by atoms with Gasteiger partial charge in [-0.1, -0.05) is 46.4 Å². The summed E-state index contributed by atoms with van der Waals surface area (Å²) in [5.74, 6) is 1.34. The molecule has 0 rings (SSSR count). The highest BCUT2D eigenvalue weighted by Gasteiger charge is 2.23. The van der Waals surface area contributed by atoms with Crippen molar-refractivity contribution in [3.8, 4) is 0 Å². The van der Waals surface area contributed by atoms with Crippen molar-refractivity contribution in [2.24, 2.45) is 11.8 Å². The van der Waals surface area contributed by atoms with Crippen LogP contribution in [0, 0.1) is 11.8 Å². The van der Waals surface area contributed by atoms with Gasteiger partial charge in [0.2, 0.25) is 0 Å². The maximum absolute atomic E-state index is 5.96. The average molecular weight is 138 g/mol. The van der Waals surface area contributed by atoms with Crippen LogP contribution in [-0.2, 0) is 0 Å². The van der Waals surface area contributed by atoms with Gasteiger partial charge in [-0.15, -0.1) is 0 Å². The normalized spacial score (nSPS) is 18.5. The van der Waals surface area contributed by atoms with Gasteiger partial charge < -0.3 is 0 Å². The molecule has 0 aromatic carbocycles. The molecule has 0 bridgehead atoms. The van der Waals surface area contributed by atoms with E-state index in [0.717, 1.165) is 5.92 Å². The lowest BCUT2D eigenvalue weighted by molar-refractivity contribution is 0.304. The molecule has 2 radical (unpaired) electrons. The molecule has 0 aliphatic rings. The molecule has 0 aliphatic heterocycles. The average Bonchev–Trinajstić information content (AvgIpc) is 1.83. The van der Waals surface area contributed by atoms with Crippen LogP contribution in [0.5, 0.6) is 0 Å². The van der Waals surface area contributed by atoms with Crippen LogP contribution in [0.4, 0.5) is 0 Å². The third-order valence-corrected chi connectivity index (χ3v) is 2.67. The minimum atomic E-state index is -0.0184. The van der Waals surface area contributed by atoms with E-state index in [1.807, 2.05) is 0 Å². The molecule has 0 amide bonds. The molecular formula is C9H19B. The zero-order valence-electron chi connectivity index (χ0n) is 7.94. The van der Waals surface area contributed by atoms with Crippen molar-refractivity contribution in [1.82, 2.24) is 0 Å². The first-order valence-corrected chi connectivity index (χ1v) is 4.18. The first-order chi connectivity index (χ1) is 4.39. The third kappa shape index (κ3) is 2.77. The van der Waals surface area contributed by atoms with Gasteiger partial charge in [-0.2, -0.15) is 0 Å². The SMILES string of the molecule is [B]C(C)(C)C(C)C(C)CC. The van der Waals surface area contributed by atoms with Gasteiger partial charge in [0.1, 0.15) is 0 Å². The summed E-state index contributed by atoms with van der Waals surface area (Å²) in [6.45, 7) is 10.9. The van der Waals surface area contributed by atoms with E-state index < -0.39 is 0 Å². The predicted octanol–water partition coefficient (Wildman–Crippen LogP) is 3.04. The Labute approximate surface area is 66.8 Å². The monoisotopic (exact) mass is 138 g/mol. The number of rotatable bonds is 3. The lowest BCUT2D eigenvalue weighted by Crippen LogP contribution is -2.20. The first-order valence-electron chi connectivity index (χ1n) is 4.18. The summed E-state index contributed by atoms with van der Waals surface area (Å²) in [7, 11) is 5.96. The Morgan fingerprint density at radius 1 is 1.30 bits per heavy atom. The fourth-order valence-corrected chi connectivity index (χ4v) is 1.09. The van der Waals surface area contributed by atoms with Crippen LogP contribution in [0.15, 0.2) is 0 Å². The third-order valence-electron chi connectivity index (χ3n) is 2.67. The summed E-state index contributed by atoms with van der Waals surface area (Å²) in [5, 5.41) is -0.0184. The molecule has 0 fully saturated rings. The highest BCUT2D eigenvalue weighted by atomic mass is 14.2. The summed E-state index contributed by atoms with van der Waals surface area (Å²) >= 11 is 0. The molecule has 1 heteroatoms. The molecule has 0 heterocycles. The second-order valence-electron chi connectivity index (χ2n) is 4.00. The Bertz CT molecular complexity index is 91.4. The van der Waals surface area contributed by atoms with Gasteiger partial charge in [-0.25, -0.2) is 0 Å². The van der Waals surface area contributed by atoms with Crippen molar-refractivity contribution >= 4 is 7.85 Å². The van der Waals surface area contributed by atoms with E-state index in [1.54, 1.807) is 0 Å². The Kier molecular flexibility index (Phi) is 3.48. The molecule has 0 nitrogen and oxygen atoms in total. The van der Waals surface area contributed by atoms with Gasteiger partial charge in [0.25, 0.3) is 0 Å². The van der Waals surface area contributed by atoms with Crippen molar-refractivity contribution in [3.63, 3.8) is 0 Å².